The summed E-state index contributed by atoms with van der Waals surface area (Å²) in [5, 5.41) is 28.6. The molecule has 114 valence electrons. The molecule has 3 rings (SSSR count). The predicted molar refractivity (Wildman–Crippen MR) is 85.5 cm³/mol. The molecule has 3 aromatic rings. The molecule has 0 aliphatic carbocycles. The van der Waals surface area contributed by atoms with E-state index in [0.717, 1.165) is 5.56 Å². The Bertz CT molecular complexity index is 851. The molecule has 0 amide bonds. The molecule has 0 bridgehead atoms. The fraction of sp³-hybridized carbons (Fsp3) is 0.0588. The standard InChI is InChI=1S/C17H13N3O3/c21-11-17-15(13-7-4-8-14(9-13)20(22)23)10-16(18-19-17)12-5-2-1-3-6-12/h1-10,21H,11H2. The minimum atomic E-state index is -0.450. The molecule has 0 aliphatic heterocycles. The first-order chi connectivity index (χ1) is 11.2. The van der Waals surface area contributed by atoms with Gasteiger partial charge in [-0.3, -0.25) is 10.1 Å². The fourth-order valence-electron chi connectivity index (χ4n) is 2.32. The first-order valence-electron chi connectivity index (χ1n) is 6.97. The van der Waals surface area contributed by atoms with E-state index < -0.39 is 4.92 Å². The van der Waals surface area contributed by atoms with Crippen molar-refractivity contribution in [2.75, 3.05) is 0 Å². The highest BCUT2D eigenvalue weighted by molar-refractivity contribution is 5.73. The minimum Gasteiger partial charge on any atom is -0.390 e. The van der Waals surface area contributed by atoms with Crippen molar-refractivity contribution in [1.82, 2.24) is 10.2 Å². The topological polar surface area (TPSA) is 89.2 Å². The van der Waals surface area contributed by atoms with Crippen molar-refractivity contribution in [1.29, 1.82) is 0 Å². The monoisotopic (exact) mass is 307 g/mol. The van der Waals surface area contributed by atoms with Crippen molar-refractivity contribution in [2.24, 2.45) is 0 Å². The van der Waals surface area contributed by atoms with Crippen LogP contribution in [0, 0.1) is 10.1 Å². The Labute approximate surface area is 132 Å². The molecule has 1 heterocycles. The molecule has 0 aliphatic rings. The number of nitro groups is 1. The van der Waals surface area contributed by atoms with Crippen LogP contribution in [0.15, 0.2) is 60.7 Å². The predicted octanol–water partition coefficient (Wildman–Crippen LogP) is 3.21. The van der Waals surface area contributed by atoms with Gasteiger partial charge in [0.2, 0.25) is 0 Å². The molecule has 6 nitrogen and oxygen atoms in total. The van der Waals surface area contributed by atoms with Crippen LogP contribution in [0.5, 0.6) is 0 Å². The Kier molecular flexibility index (Phi) is 4.07. The van der Waals surface area contributed by atoms with Crippen LogP contribution in [0.25, 0.3) is 22.4 Å². The van der Waals surface area contributed by atoms with Crippen molar-refractivity contribution in [3.8, 4) is 22.4 Å². The fourth-order valence-corrected chi connectivity index (χ4v) is 2.32. The van der Waals surface area contributed by atoms with Gasteiger partial charge in [0.25, 0.3) is 5.69 Å². The second kappa shape index (κ2) is 6.33. The summed E-state index contributed by atoms with van der Waals surface area (Å²) in [6, 6.07) is 17.5. The summed E-state index contributed by atoms with van der Waals surface area (Å²) in [5.41, 5.74) is 3.15. The lowest BCUT2D eigenvalue weighted by molar-refractivity contribution is -0.384. The Morgan fingerprint density at radius 1 is 0.957 bits per heavy atom. The van der Waals surface area contributed by atoms with Gasteiger partial charge in [-0.25, -0.2) is 0 Å². The van der Waals surface area contributed by atoms with E-state index in [1.54, 1.807) is 18.2 Å². The molecule has 6 heteroatoms. The maximum absolute atomic E-state index is 11.0. The number of hydrogen-bond acceptors (Lipinski definition) is 5. The SMILES string of the molecule is O=[N+]([O-])c1cccc(-c2cc(-c3ccccc3)nnc2CO)c1. The number of nitrogens with zero attached hydrogens (tertiary/aromatic N) is 3. The van der Waals surface area contributed by atoms with Crippen LogP contribution in [0.3, 0.4) is 0 Å². The van der Waals surface area contributed by atoms with E-state index in [4.69, 9.17) is 0 Å². The zero-order chi connectivity index (χ0) is 16.2. The van der Waals surface area contributed by atoms with Gasteiger partial charge in [0.1, 0.15) is 0 Å². The van der Waals surface area contributed by atoms with Gasteiger partial charge in [-0.1, -0.05) is 42.5 Å². The summed E-state index contributed by atoms with van der Waals surface area (Å²) in [7, 11) is 0. The molecule has 2 aromatic carbocycles. The van der Waals surface area contributed by atoms with Gasteiger partial charge in [-0.15, -0.1) is 0 Å². The highest BCUT2D eigenvalue weighted by Gasteiger charge is 2.13. The number of rotatable bonds is 4. The van der Waals surface area contributed by atoms with Crippen molar-refractivity contribution in [2.45, 2.75) is 6.61 Å². The third-order valence-corrected chi connectivity index (χ3v) is 3.46. The Morgan fingerprint density at radius 3 is 2.39 bits per heavy atom. The molecule has 0 atom stereocenters. The second-order valence-corrected chi connectivity index (χ2v) is 4.92. The molecule has 23 heavy (non-hydrogen) atoms. The van der Waals surface area contributed by atoms with E-state index >= 15 is 0 Å². The van der Waals surface area contributed by atoms with E-state index in [0.29, 0.717) is 22.5 Å². The molecule has 0 saturated heterocycles. The lowest BCUT2D eigenvalue weighted by atomic mass is 10.0. The lowest BCUT2D eigenvalue weighted by Gasteiger charge is -2.09. The number of hydrogen-bond donors (Lipinski definition) is 1. The average Bonchev–Trinajstić information content (AvgIpc) is 2.62. The Morgan fingerprint density at radius 2 is 1.70 bits per heavy atom. The molecule has 0 fully saturated rings. The van der Waals surface area contributed by atoms with Gasteiger partial charge in [-0.05, 0) is 11.6 Å². The van der Waals surface area contributed by atoms with Crippen LogP contribution >= 0.6 is 0 Å². The smallest absolute Gasteiger partial charge is 0.270 e. The van der Waals surface area contributed by atoms with Gasteiger partial charge >= 0.3 is 0 Å². The first-order valence-corrected chi connectivity index (χ1v) is 6.97. The second-order valence-electron chi connectivity index (χ2n) is 4.92. The van der Waals surface area contributed by atoms with Crippen LogP contribution in [0.2, 0.25) is 0 Å². The lowest BCUT2D eigenvalue weighted by Crippen LogP contribution is -1.99. The Balaban J connectivity index is 2.14. The van der Waals surface area contributed by atoms with Crippen LogP contribution in [-0.4, -0.2) is 20.2 Å². The maximum Gasteiger partial charge on any atom is 0.270 e. The van der Waals surface area contributed by atoms with E-state index in [1.165, 1.54) is 12.1 Å². The number of aromatic nitrogens is 2. The molecular formula is C17H13N3O3. The molecule has 0 radical (unpaired) electrons. The quantitative estimate of drug-likeness (QED) is 0.590. The van der Waals surface area contributed by atoms with Gasteiger partial charge in [0.15, 0.2) is 0 Å². The summed E-state index contributed by atoms with van der Waals surface area (Å²) < 4.78 is 0. The zero-order valence-corrected chi connectivity index (χ0v) is 12.1. The van der Waals surface area contributed by atoms with Crippen molar-refractivity contribution in [3.05, 3.63) is 76.5 Å². The number of benzene rings is 2. The number of aliphatic hydroxyl groups excluding tert-OH is 1. The van der Waals surface area contributed by atoms with Gasteiger partial charge in [-0.2, -0.15) is 10.2 Å². The largest absolute Gasteiger partial charge is 0.390 e. The molecular weight excluding hydrogens is 294 g/mol. The van der Waals surface area contributed by atoms with Gasteiger partial charge in [0.05, 0.1) is 22.9 Å². The average molecular weight is 307 g/mol. The van der Waals surface area contributed by atoms with Gasteiger partial charge < -0.3 is 5.11 Å². The van der Waals surface area contributed by atoms with Crippen molar-refractivity contribution < 1.29 is 10.0 Å². The number of nitro benzene ring substituents is 1. The van der Waals surface area contributed by atoms with Crippen LogP contribution in [0.1, 0.15) is 5.69 Å². The number of aliphatic hydroxyl groups is 1. The van der Waals surface area contributed by atoms with Gasteiger partial charge in [0, 0.05) is 23.3 Å². The number of non-ortho nitro benzene ring substituents is 1. The molecule has 0 saturated carbocycles. The highest BCUT2D eigenvalue weighted by Crippen LogP contribution is 2.29. The molecule has 1 N–H and O–H groups in total. The van der Waals surface area contributed by atoms with Crippen LogP contribution in [-0.2, 0) is 6.61 Å². The summed E-state index contributed by atoms with van der Waals surface area (Å²) >= 11 is 0. The summed E-state index contributed by atoms with van der Waals surface area (Å²) in [4.78, 5) is 10.5. The third-order valence-electron chi connectivity index (χ3n) is 3.46. The normalized spacial score (nSPS) is 10.5. The zero-order valence-electron chi connectivity index (χ0n) is 12.1. The van der Waals surface area contributed by atoms with E-state index in [2.05, 4.69) is 10.2 Å². The molecule has 1 aromatic heterocycles. The summed E-state index contributed by atoms with van der Waals surface area (Å²) in [6.45, 7) is -0.292. The highest BCUT2D eigenvalue weighted by atomic mass is 16.6. The first kappa shape index (κ1) is 14.8. The third kappa shape index (κ3) is 3.07. The Hall–Kier alpha value is -3.12. The van der Waals surface area contributed by atoms with E-state index in [1.807, 2.05) is 30.3 Å². The van der Waals surface area contributed by atoms with E-state index in [9.17, 15) is 15.2 Å². The van der Waals surface area contributed by atoms with Crippen molar-refractivity contribution >= 4 is 5.69 Å². The summed E-state index contributed by atoms with van der Waals surface area (Å²) in [5.74, 6) is 0. The maximum atomic E-state index is 11.0. The van der Waals surface area contributed by atoms with Crippen molar-refractivity contribution in [3.63, 3.8) is 0 Å². The minimum absolute atomic E-state index is 0.00976. The summed E-state index contributed by atoms with van der Waals surface area (Å²) in [6.07, 6.45) is 0. The molecule has 0 spiro atoms. The van der Waals surface area contributed by atoms with Crippen LogP contribution in [0.4, 0.5) is 5.69 Å². The van der Waals surface area contributed by atoms with Crippen LogP contribution < -0.4 is 0 Å². The van der Waals surface area contributed by atoms with E-state index in [-0.39, 0.29) is 12.3 Å². The molecule has 0 unspecified atom stereocenters.